The zero-order chi connectivity index (χ0) is 15.4. The molecule has 1 heterocycles. The van der Waals surface area contributed by atoms with Crippen LogP contribution in [0.15, 0.2) is 0 Å². The Balaban J connectivity index is 1.90. The molecule has 1 atom stereocenters. The fourth-order valence-electron chi connectivity index (χ4n) is 2.72. The lowest BCUT2D eigenvalue weighted by Crippen LogP contribution is -2.50. The molecule has 1 aliphatic carbocycles. The fraction of sp³-hybridized carbons (Fsp3) is 0.786. The van der Waals surface area contributed by atoms with Crippen molar-refractivity contribution in [1.29, 1.82) is 0 Å². The summed E-state index contributed by atoms with van der Waals surface area (Å²) in [6.45, 7) is -0.0154. The van der Waals surface area contributed by atoms with Gasteiger partial charge in [0.05, 0.1) is 12.4 Å². The molecule has 0 aromatic heterocycles. The number of carbonyl (C=O) groups is 3. The molecule has 1 aliphatic heterocycles. The Morgan fingerprint density at radius 1 is 1.24 bits per heavy atom. The number of nitrogens with one attached hydrogen (secondary N) is 1. The second-order valence-corrected chi connectivity index (χ2v) is 6.81. The van der Waals surface area contributed by atoms with Crippen LogP contribution in [0.4, 0.5) is 0 Å². The topological polar surface area (TPSA) is 69.7 Å². The third-order valence-electron chi connectivity index (χ3n) is 4.09. The van der Waals surface area contributed by atoms with Gasteiger partial charge in [0.15, 0.2) is 0 Å². The van der Waals surface area contributed by atoms with E-state index in [2.05, 4.69) is 5.32 Å². The molecule has 3 amide bonds. The van der Waals surface area contributed by atoms with Gasteiger partial charge in [-0.1, -0.05) is 12.8 Å². The minimum atomic E-state index is -0.432. The molecular formula is C14H23N3O3S. The van der Waals surface area contributed by atoms with Crippen molar-refractivity contribution in [3.63, 3.8) is 0 Å². The van der Waals surface area contributed by atoms with E-state index >= 15 is 0 Å². The minimum Gasteiger partial charge on any atom is -0.347 e. The number of amides is 3. The van der Waals surface area contributed by atoms with Crippen LogP contribution in [0, 0.1) is 5.92 Å². The first-order valence-electron chi connectivity index (χ1n) is 7.36. The van der Waals surface area contributed by atoms with Crippen LogP contribution < -0.4 is 5.32 Å². The number of carbonyl (C=O) groups excluding carboxylic acids is 3. The van der Waals surface area contributed by atoms with Gasteiger partial charge < -0.3 is 15.1 Å². The largest absolute Gasteiger partial charge is 0.347 e. The molecule has 1 saturated carbocycles. The van der Waals surface area contributed by atoms with Gasteiger partial charge in [0, 0.05) is 25.8 Å². The molecule has 2 fully saturated rings. The van der Waals surface area contributed by atoms with Gasteiger partial charge in [0.2, 0.25) is 17.7 Å². The lowest BCUT2D eigenvalue weighted by Gasteiger charge is -2.25. The van der Waals surface area contributed by atoms with Crippen molar-refractivity contribution in [2.45, 2.75) is 31.7 Å². The average molecular weight is 313 g/mol. The fourth-order valence-corrected chi connectivity index (χ4v) is 3.89. The Labute approximate surface area is 129 Å². The molecule has 1 saturated heterocycles. The Hall–Kier alpha value is -1.24. The Kier molecular flexibility index (Phi) is 5.50. The standard InChI is InChI=1S/C14H23N3O3S/c1-16(2)12(18)7-15-13(19)11-8-21-9-17(11)14(20)10-5-3-4-6-10/h10-11H,3-9H2,1-2H3,(H,15,19)/t11-/m1/s1. The van der Waals surface area contributed by atoms with E-state index in [1.165, 1.54) is 4.90 Å². The number of hydrogen-bond acceptors (Lipinski definition) is 4. The van der Waals surface area contributed by atoms with Crippen molar-refractivity contribution < 1.29 is 14.4 Å². The SMILES string of the molecule is CN(C)C(=O)CNC(=O)[C@H]1CSCN1C(=O)C1CCCC1. The lowest BCUT2D eigenvalue weighted by atomic mass is 10.1. The van der Waals surface area contributed by atoms with Crippen LogP contribution in [-0.4, -0.2) is 65.8 Å². The summed E-state index contributed by atoms with van der Waals surface area (Å²) < 4.78 is 0. The van der Waals surface area contributed by atoms with E-state index in [-0.39, 0.29) is 30.2 Å². The molecular weight excluding hydrogens is 290 g/mol. The van der Waals surface area contributed by atoms with E-state index in [1.807, 2.05) is 0 Å². The molecule has 0 aromatic rings. The molecule has 2 aliphatic rings. The van der Waals surface area contributed by atoms with Gasteiger partial charge in [0.1, 0.15) is 6.04 Å². The second kappa shape index (κ2) is 7.15. The molecule has 0 radical (unpaired) electrons. The maximum atomic E-state index is 12.5. The zero-order valence-electron chi connectivity index (χ0n) is 12.6. The van der Waals surface area contributed by atoms with Gasteiger partial charge in [-0.25, -0.2) is 0 Å². The number of thioether (sulfide) groups is 1. The molecule has 0 spiro atoms. The Bertz CT molecular complexity index is 422. The first-order valence-corrected chi connectivity index (χ1v) is 8.52. The molecule has 6 nitrogen and oxygen atoms in total. The first-order chi connectivity index (χ1) is 10.0. The van der Waals surface area contributed by atoms with E-state index in [0.717, 1.165) is 25.7 Å². The molecule has 118 valence electrons. The third kappa shape index (κ3) is 3.90. The van der Waals surface area contributed by atoms with E-state index < -0.39 is 6.04 Å². The monoisotopic (exact) mass is 313 g/mol. The molecule has 21 heavy (non-hydrogen) atoms. The summed E-state index contributed by atoms with van der Waals surface area (Å²) in [5, 5.41) is 2.64. The summed E-state index contributed by atoms with van der Waals surface area (Å²) in [5.74, 6) is 1.01. The highest BCUT2D eigenvalue weighted by Crippen LogP contribution is 2.30. The molecule has 2 rings (SSSR count). The first kappa shape index (κ1) is 16.1. The number of nitrogens with zero attached hydrogens (tertiary/aromatic N) is 2. The lowest BCUT2D eigenvalue weighted by molar-refractivity contribution is -0.141. The highest BCUT2D eigenvalue weighted by Gasteiger charge is 2.38. The van der Waals surface area contributed by atoms with E-state index in [4.69, 9.17) is 0 Å². The maximum Gasteiger partial charge on any atom is 0.244 e. The number of hydrogen-bond donors (Lipinski definition) is 1. The molecule has 7 heteroatoms. The smallest absolute Gasteiger partial charge is 0.244 e. The van der Waals surface area contributed by atoms with Gasteiger partial charge in [0.25, 0.3) is 0 Å². The number of likely N-dealkylation sites (N-methyl/N-ethyl adjacent to an activating group) is 1. The van der Waals surface area contributed by atoms with Gasteiger partial charge in [-0.3, -0.25) is 14.4 Å². The zero-order valence-corrected chi connectivity index (χ0v) is 13.4. The summed E-state index contributed by atoms with van der Waals surface area (Å²) in [6.07, 6.45) is 4.08. The van der Waals surface area contributed by atoms with E-state index in [9.17, 15) is 14.4 Å². The maximum absolute atomic E-state index is 12.5. The summed E-state index contributed by atoms with van der Waals surface area (Å²) in [5.41, 5.74) is 0. The summed E-state index contributed by atoms with van der Waals surface area (Å²) in [6, 6.07) is -0.432. The summed E-state index contributed by atoms with van der Waals surface area (Å²) in [4.78, 5) is 39.3. The minimum absolute atomic E-state index is 0.0154. The van der Waals surface area contributed by atoms with E-state index in [0.29, 0.717) is 11.6 Å². The van der Waals surface area contributed by atoms with Gasteiger partial charge in [-0.2, -0.15) is 0 Å². The summed E-state index contributed by atoms with van der Waals surface area (Å²) >= 11 is 1.60. The second-order valence-electron chi connectivity index (χ2n) is 5.81. The Morgan fingerprint density at radius 3 is 2.52 bits per heavy atom. The van der Waals surface area contributed by atoms with Gasteiger partial charge >= 0.3 is 0 Å². The third-order valence-corrected chi connectivity index (χ3v) is 5.10. The predicted molar refractivity (Wildman–Crippen MR) is 81.6 cm³/mol. The van der Waals surface area contributed by atoms with Crippen molar-refractivity contribution in [2.75, 3.05) is 32.3 Å². The van der Waals surface area contributed by atoms with Gasteiger partial charge in [-0.05, 0) is 12.8 Å². The van der Waals surface area contributed by atoms with Crippen molar-refractivity contribution in [3.8, 4) is 0 Å². The molecule has 0 bridgehead atoms. The van der Waals surface area contributed by atoms with Gasteiger partial charge in [-0.15, -0.1) is 11.8 Å². The van der Waals surface area contributed by atoms with Crippen LogP contribution in [0.1, 0.15) is 25.7 Å². The molecule has 0 unspecified atom stereocenters. The highest BCUT2D eigenvalue weighted by atomic mass is 32.2. The van der Waals surface area contributed by atoms with Crippen LogP contribution in [0.25, 0.3) is 0 Å². The van der Waals surface area contributed by atoms with Crippen LogP contribution in [0.5, 0.6) is 0 Å². The molecule has 0 aromatic carbocycles. The quantitative estimate of drug-likeness (QED) is 0.809. The van der Waals surface area contributed by atoms with Crippen molar-refractivity contribution in [3.05, 3.63) is 0 Å². The highest BCUT2D eigenvalue weighted by molar-refractivity contribution is 7.99. The van der Waals surface area contributed by atoms with Crippen LogP contribution in [-0.2, 0) is 14.4 Å². The van der Waals surface area contributed by atoms with Crippen LogP contribution in [0.2, 0.25) is 0 Å². The Morgan fingerprint density at radius 2 is 1.90 bits per heavy atom. The van der Waals surface area contributed by atoms with Crippen LogP contribution in [0.3, 0.4) is 0 Å². The van der Waals surface area contributed by atoms with Crippen molar-refractivity contribution in [2.24, 2.45) is 5.92 Å². The van der Waals surface area contributed by atoms with Crippen molar-refractivity contribution >= 4 is 29.5 Å². The average Bonchev–Trinajstić information content (AvgIpc) is 3.13. The summed E-state index contributed by atoms with van der Waals surface area (Å²) in [7, 11) is 3.30. The van der Waals surface area contributed by atoms with Crippen molar-refractivity contribution in [1.82, 2.24) is 15.1 Å². The molecule has 1 N–H and O–H groups in total. The predicted octanol–water partition coefficient (Wildman–Crippen LogP) is 0.283. The van der Waals surface area contributed by atoms with Crippen LogP contribution >= 0.6 is 11.8 Å². The number of rotatable bonds is 4. The normalized spacial score (nSPS) is 22.4. The van der Waals surface area contributed by atoms with E-state index in [1.54, 1.807) is 30.8 Å².